The van der Waals surface area contributed by atoms with Crippen LogP contribution in [0.25, 0.3) is 0 Å². The number of nitrogens with zero attached hydrogens (tertiary/aromatic N) is 3. The van der Waals surface area contributed by atoms with Gasteiger partial charge >= 0.3 is 12.1 Å². The Morgan fingerprint density at radius 2 is 1.47 bits per heavy atom. The number of carbonyl (C=O) groups is 3. The van der Waals surface area contributed by atoms with Crippen LogP contribution in [0.4, 0.5) is 16.2 Å². The number of benzene rings is 2. The Hall–Kier alpha value is -4.41. The number of esters is 1. The lowest BCUT2D eigenvalue weighted by molar-refractivity contribution is -0.386. The van der Waals surface area contributed by atoms with E-state index in [1.807, 2.05) is 13.1 Å². The third-order valence-electron chi connectivity index (χ3n) is 8.90. The van der Waals surface area contributed by atoms with Crippen molar-refractivity contribution < 1.29 is 48.0 Å². The second-order valence-electron chi connectivity index (χ2n) is 13.0. The van der Waals surface area contributed by atoms with Crippen LogP contribution in [-0.4, -0.2) is 70.7 Å². The number of para-hydroxylation sites is 2. The maximum absolute atomic E-state index is 13.5. The molecule has 3 rings (SSSR count). The fourth-order valence-corrected chi connectivity index (χ4v) is 6.25. The zero-order chi connectivity index (χ0) is 35.3. The molecule has 1 amide bonds. The Kier molecular flexibility index (Phi) is 11.5. The predicted molar refractivity (Wildman–Crippen MR) is 169 cm³/mol. The van der Waals surface area contributed by atoms with Gasteiger partial charge in [0.1, 0.15) is 19.3 Å². The molecule has 0 radical (unpaired) electrons. The number of hydrogen-bond donors (Lipinski definition) is 1. The molecule has 2 aromatic rings. The Labute approximate surface area is 273 Å². The molecule has 0 aliphatic carbocycles. The van der Waals surface area contributed by atoms with E-state index < -0.39 is 73.2 Å². The summed E-state index contributed by atoms with van der Waals surface area (Å²) in [5.74, 6) is -2.96. The van der Waals surface area contributed by atoms with E-state index in [-0.39, 0.29) is 40.6 Å². The van der Waals surface area contributed by atoms with Gasteiger partial charge in [0.2, 0.25) is 12.1 Å². The van der Waals surface area contributed by atoms with Crippen LogP contribution in [0.1, 0.15) is 52.2 Å². The van der Waals surface area contributed by atoms with Crippen molar-refractivity contribution in [1.29, 1.82) is 0 Å². The molecule has 1 fully saturated rings. The van der Waals surface area contributed by atoms with E-state index in [0.29, 0.717) is 0 Å². The molecule has 15 nitrogen and oxygen atoms in total. The molecule has 0 saturated carbocycles. The lowest BCUT2D eigenvalue weighted by Crippen LogP contribution is -2.76. The molecule has 1 aliphatic rings. The quantitative estimate of drug-likeness (QED) is 0.0900. The van der Waals surface area contributed by atoms with Gasteiger partial charge in [0.05, 0.1) is 32.4 Å². The Morgan fingerprint density at radius 1 is 0.979 bits per heavy atom. The summed E-state index contributed by atoms with van der Waals surface area (Å²) in [6, 6.07) is 11.4. The fourth-order valence-electron chi connectivity index (χ4n) is 5.20. The summed E-state index contributed by atoms with van der Waals surface area (Å²) >= 11 is 0. The van der Waals surface area contributed by atoms with E-state index in [9.17, 15) is 39.7 Å². The first-order valence-corrected chi connectivity index (χ1v) is 17.8. The minimum absolute atomic E-state index is 0.0952. The number of likely N-dealkylation sites (tertiary alicyclic amines) is 1. The number of carbonyl (C=O) groups excluding carboxylic acids is 3. The van der Waals surface area contributed by atoms with Crippen LogP contribution in [0.2, 0.25) is 18.1 Å². The van der Waals surface area contributed by atoms with Gasteiger partial charge in [-0.2, -0.15) is 0 Å². The van der Waals surface area contributed by atoms with E-state index in [2.05, 4.69) is 20.8 Å². The third kappa shape index (κ3) is 8.30. The second-order valence-corrected chi connectivity index (χ2v) is 17.8. The van der Waals surface area contributed by atoms with Crippen LogP contribution in [0.3, 0.4) is 0 Å². The highest BCUT2D eigenvalue weighted by atomic mass is 28.4. The molecule has 0 bridgehead atoms. The van der Waals surface area contributed by atoms with Crippen LogP contribution in [-0.2, 0) is 41.4 Å². The summed E-state index contributed by atoms with van der Waals surface area (Å²) in [7, 11) is -2.24. The number of nitro benzene ring substituents is 2. The molecule has 1 saturated heterocycles. The lowest BCUT2D eigenvalue weighted by Gasteiger charge is -2.58. The Morgan fingerprint density at radius 3 is 1.96 bits per heavy atom. The van der Waals surface area contributed by atoms with E-state index in [0.717, 1.165) is 4.90 Å². The largest absolute Gasteiger partial charge is 0.508 e. The molecular weight excluding hydrogens is 634 g/mol. The molecule has 2 aromatic carbocycles. The highest BCUT2D eigenvalue weighted by molar-refractivity contribution is 6.74. The maximum Gasteiger partial charge on any atom is 0.508 e. The lowest BCUT2D eigenvalue weighted by atomic mass is 9.69. The summed E-state index contributed by atoms with van der Waals surface area (Å²) in [6.45, 7) is 12.5. The summed E-state index contributed by atoms with van der Waals surface area (Å²) in [4.78, 5) is 61.4. The molecule has 256 valence electrons. The fraction of sp³-hybridized carbons (Fsp3) is 0.516. The van der Waals surface area contributed by atoms with Crippen molar-refractivity contribution in [2.24, 2.45) is 5.92 Å². The van der Waals surface area contributed by atoms with Crippen molar-refractivity contribution in [2.45, 2.75) is 90.3 Å². The van der Waals surface area contributed by atoms with Gasteiger partial charge in [0, 0.05) is 18.7 Å². The average Bonchev–Trinajstić information content (AvgIpc) is 2.98. The first-order valence-electron chi connectivity index (χ1n) is 14.9. The Bertz CT molecular complexity index is 1510. The van der Waals surface area contributed by atoms with Crippen molar-refractivity contribution in [3.63, 3.8) is 0 Å². The van der Waals surface area contributed by atoms with Gasteiger partial charge in [-0.3, -0.25) is 25.0 Å². The van der Waals surface area contributed by atoms with Crippen LogP contribution in [0, 0.1) is 26.1 Å². The summed E-state index contributed by atoms with van der Waals surface area (Å²) in [5, 5.41) is 33.5. The van der Waals surface area contributed by atoms with Gasteiger partial charge in [-0.05, 0) is 50.5 Å². The van der Waals surface area contributed by atoms with Gasteiger partial charge in [-0.25, -0.2) is 9.59 Å². The summed E-state index contributed by atoms with van der Waals surface area (Å²) in [5.41, 5.74) is -1.55. The Balaban J connectivity index is 1.77. The molecule has 16 heteroatoms. The average molecular weight is 676 g/mol. The first kappa shape index (κ1) is 37.0. The molecule has 47 heavy (non-hydrogen) atoms. The van der Waals surface area contributed by atoms with E-state index >= 15 is 0 Å². The van der Waals surface area contributed by atoms with E-state index in [1.54, 1.807) is 13.0 Å². The van der Waals surface area contributed by atoms with Crippen LogP contribution in [0.5, 0.6) is 0 Å². The molecule has 1 aliphatic heterocycles. The molecule has 1 heterocycles. The molecule has 0 spiro atoms. The minimum atomic E-state index is -2.24. The number of rotatable bonds is 14. The maximum atomic E-state index is 13.5. The SMILES string of the molecule is C[C@@H](OC(=O)OCc1ccccc1[N+](=O)[O-])C1C(=O)N(C(O)C(=O)OCc2ccccc2[N+](=O)[O-])C1(C)CCO[Si](C)(C)C(C)(C)C. The summed E-state index contributed by atoms with van der Waals surface area (Å²) in [6.07, 6.45) is -4.21. The number of nitro groups is 2. The van der Waals surface area contributed by atoms with Crippen LogP contribution < -0.4 is 0 Å². The predicted octanol–water partition coefficient (Wildman–Crippen LogP) is 5.24. The topological polar surface area (TPSA) is 198 Å². The third-order valence-corrected chi connectivity index (χ3v) is 13.4. The summed E-state index contributed by atoms with van der Waals surface area (Å²) < 4.78 is 22.0. The van der Waals surface area contributed by atoms with Crippen molar-refractivity contribution in [2.75, 3.05) is 6.61 Å². The molecule has 1 N–H and O–H groups in total. The first-order chi connectivity index (χ1) is 21.8. The van der Waals surface area contributed by atoms with Crippen LogP contribution in [0.15, 0.2) is 48.5 Å². The number of amides is 1. The monoisotopic (exact) mass is 675 g/mol. The normalized spacial score (nSPS) is 19.3. The van der Waals surface area contributed by atoms with Crippen LogP contribution >= 0.6 is 0 Å². The highest BCUT2D eigenvalue weighted by Crippen LogP contribution is 2.46. The van der Waals surface area contributed by atoms with Gasteiger partial charge in [0.25, 0.3) is 11.4 Å². The molecule has 3 unspecified atom stereocenters. The van der Waals surface area contributed by atoms with Crippen molar-refractivity contribution in [1.82, 2.24) is 4.90 Å². The van der Waals surface area contributed by atoms with E-state index in [1.165, 1.54) is 49.4 Å². The standard InChI is InChI=1S/C31H41N3O12Si/c1-20(46-29(38)44-19-22-13-9-11-15-24(22)34(41)42)25-26(35)32(31(25,5)16-17-45-47(6,7)30(2,3)4)27(36)28(37)43-18-21-12-8-10-14-23(21)33(39)40/h8-15,20,25,27,36H,16-19H2,1-7H3/t20-,25?,27?,31?/m1/s1. The molecule has 4 atom stereocenters. The van der Waals surface area contributed by atoms with Crippen molar-refractivity contribution in [3.8, 4) is 0 Å². The highest BCUT2D eigenvalue weighted by Gasteiger charge is 2.63. The van der Waals surface area contributed by atoms with Crippen molar-refractivity contribution >= 4 is 37.7 Å². The zero-order valence-electron chi connectivity index (χ0n) is 27.5. The molecule has 0 aromatic heterocycles. The van der Waals surface area contributed by atoms with Crippen molar-refractivity contribution in [3.05, 3.63) is 79.9 Å². The minimum Gasteiger partial charge on any atom is -0.457 e. The van der Waals surface area contributed by atoms with Gasteiger partial charge in [-0.1, -0.05) is 45.0 Å². The number of β-lactam (4-membered cyclic amide) rings is 1. The number of hydrogen-bond acceptors (Lipinski definition) is 12. The number of ether oxygens (including phenoxy) is 3. The number of aliphatic hydroxyl groups is 1. The van der Waals surface area contributed by atoms with E-state index in [4.69, 9.17) is 18.6 Å². The van der Waals surface area contributed by atoms with Gasteiger partial charge in [0.15, 0.2) is 8.32 Å². The number of aliphatic hydroxyl groups excluding tert-OH is 1. The zero-order valence-corrected chi connectivity index (χ0v) is 28.5. The second kappa shape index (κ2) is 14.6. The van der Waals surface area contributed by atoms with Gasteiger partial charge < -0.3 is 28.6 Å². The van der Waals surface area contributed by atoms with Gasteiger partial charge in [-0.15, -0.1) is 0 Å². The molecular formula is C31H41N3O12Si. The smallest absolute Gasteiger partial charge is 0.457 e.